The van der Waals surface area contributed by atoms with Crippen LogP contribution in [0.2, 0.25) is 0 Å². The monoisotopic (exact) mass is 214 g/mol. The van der Waals surface area contributed by atoms with E-state index in [1.54, 1.807) is 0 Å². The molecule has 0 saturated carbocycles. The van der Waals surface area contributed by atoms with Gasteiger partial charge in [-0.05, 0) is 22.9 Å². The van der Waals surface area contributed by atoms with Crippen molar-refractivity contribution in [3.05, 3.63) is 36.4 Å². The maximum absolute atomic E-state index is 11.2. The lowest BCUT2D eigenvalue weighted by Gasteiger charge is -2.07. The normalized spacial score (nSPS) is 14.9. The van der Waals surface area contributed by atoms with Gasteiger partial charge in [-0.1, -0.05) is 24.3 Å². The summed E-state index contributed by atoms with van der Waals surface area (Å²) in [6.07, 6.45) is 0. The summed E-state index contributed by atoms with van der Waals surface area (Å²) in [5, 5.41) is 2.17. The molecule has 1 heterocycles. The van der Waals surface area contributed by atoms with Gasteiger partial charge in [0.2, 0.25) is 5.78 Å². The smallest absolute Gasteiger partial charge is 0.207 e. The second-order valence-electron chi connectivity index (χ2n) is 3.76. The minimum atomic E-state index is -0.0414. The van der Waals surface area contributed by atoms with Gasteiger partial charge < -0.3 is 9.47 Å². The van der Waals surface area contributed by atoms with Crippen molar-refractivity contribution in [2.75, 3.05) is 13.2 Å². The molecule has 3 rings (SSSR count). The number of carbonyl (C=O) groups is 1. The number of Topliss-reactive ketones (excluding diaryl/α,β-unsaturated/α-hetero) is 1. The van der Waals surface area contributed by atoms with Gasteiger partial charge in [0.1, 0.15) is 0 Å². The molecule has 0 radical (unpaired) electrons. The zero-order valence-electron chi connectivity index (χ0n) is 8.60. The third-order valence-electron chi connectivity index (χ3n) is 2.59. The van der Waals surface area contributed by atoms with E-state index in [4.69, 9.17) is 9.47 Å². The number of fused-ring (bicyclic) bond motifs is 2. The summed E-state index contributed by atoms with van der Waals surface area (Å²) in [6.45, 7) is 0.177. The van der Waals surface area contributed by atoms with Crippen LogP contribution in [0.4, 0.5) is 0 Å². The molecule has 16 heavy (non-hydrogen) atoms. The first-order valence-corrected chi connectivity index (χ1v) is 5.13. The van der Waals surface area contributed by atoms with Crippen molar-refractivity contribution in [3.8, 4) is 11.5 Å². The van der Waals surface area contributed by atoms with Crippen molar-refractivity contribution < 1.29 is 14.3 Å². The Hall–Kier alpha value is -2.03. The average molecular weight is 214 g/mol. The van der Waals surface area contributed by atoms with Gasteiger partial charge in [-0.3, -0.25) is 4.79 Å². The number of hydrogen-bond donors (Lipinski definition) is 0. The summed E-state index contributed by atoms with van der Waals surface area (Å²) in [6, 6.07) is 11.8. The lowest BCUT2D eigenvalue weighted by Crippen LogP contribution is -2.15. The van der Waals surface area contributed by atoms with Crippen LogP contribution in [0.1, 0.15) is 0 Å². The first kappa shape index (κ1) is 9.21. The van der Waals surface area contributed by atoms with Crippen molar-refractivity contribution in [2.24, 2.45) is 0 Å². The second-order valence-corrected chi connectivity index (χ2v) is 3.76. The number of rotatable bonds is 0. The van der Waals surface area contributed by atoms with Gasteiger partial charge in [0.25, 0.3) is 0 Å². The van der Waals surface area contributed by atoms with Gasteiger partial charge >= 0.3 is 0 Å². The summed E-state index contributed by atoms with van der Waals surface area (Å²) in [5.74, 6) is 1.24. The van der Waals surface area contributed by atoms with E-state index in [2.05, 4.69) is 0 Å². The van der Waals surface area contributed by atoms with Crippen molar-refractivity contribution in [3.63, 3.8) is 0 Å². The first-order chi connectivity index (χ1) is 7.83. The van der Waals surface area contributed by atoms with Crippen molar-refractivity contribution in [2.45, 2.75) is 0 Å². The molecular formula is C13H10O3. The molecule has 2 aromatic rings. The molecule has 0 aliphatic carbocycles. The Bertz CT molecular complexity index is 512. The quantitative estimate of drug-likeness (QED) is 0.674. The second kappa shape index (κ2) is 3.52. The van der Waals surface area contributed by atoms with E-state index in [-0.39, 0.29) is 19.0 Å². The molecule has 0 saturated heterocycles. The lowest BCUT2D eigenvalue weighted by molar-refractivity contribution is -0.122. The average Bonchev–Trinajstić information content (AvgIpc) is 2.49. The maximum Gasteiger partial charge on any atom is 0.207 e. The van der Waals surface area contributed by atoms with Gasteiger partial charge in [0.15, 0.2) is 24.7 Å². The third kappa shape index (κ3) is 1.50. The van der Waals surface area contributed by atoms with Gasteiger partial charge in [-0.15, -0.1) is 0 Å². The number of hydrogen-bond acceptors (Lipinski definition) is 3. The molecule has 0 N–H and O–H groups in total. The number of carbonyl (C=O) groups excluding carboxylic acids is 1. The van der Waals surface area contributed by atoms with Gasteiger partial charge in [-0.2, -0.15) is 0 Å². The van der Waals surface area contributed by atoms with Crippen LogP contribution < -0.4 is 9.47 Å². The van der Waals surface area contributed by atoms with Gasteiger partial charge in [0, 0.05) is 0 Å². The van der Waals surface area contributed by atoms with E-state index >= 15 is 0 Å². The van der Waals surface area contributed by atoms with Crippen LogP contribution >= 0.6 is 0 Å². The summed E-state index contributed by atoms with van der Waals surface area (Å²) in [5.41, 5.74) is 0. The molecule has 0 amide bonds. The molecule has 1 aliphatic heterocycles. The van der Waals surface area contributed by atoms with Gasteiger partial charge in [-0.25, -0.2) is 0 Å². The van der Waals surface area contributed by atoms with E-state index in [1.165, 1.54) is 0 Å². The Morgan fingerprint density at radius 1 is 0.875 bits per heavy atom. The molecular weight excluding hydrogens is 204 g/mol. The van der Waals surface area contributed by atoms with E-state index in [0.717, 1.165) is 10.8 Å². The molecule has 0 fully saturated rings. The number of benzene rings is 2. The minimum absolute atomic E-state index is 0.0414. The molecule has 80 valence electrons. The van der Waals surface area contributed by atoms with Crippen LogP contribution in [0, 0.1) is 0 Å². The number of ketones is 1. The van der Waals surface area contributed by atoms with Crippen LogP contribution in [-0.2, 0) is 4.79 Å². The van der Waals surface area contributed by atoms with E-state index in [9.17, 15) is 4.79 Å². The molecule has 2 aromatic carbocycles. The Morgan fingerprint density at radius 3 is 1.88 bits per heavy atom. The van der Waals surface area contributed by atoms with Crippen LogP contribution in [0.15, 0.2) is 36.4 Å². The van der Waals surface area contributed by atoms with Crippen molar-refractivity contribution in [1.82, 2.24) is 0 Å². The highest BCUT2D eigenvalue weighted by Crippen LogP contribution is 2.33. The van der Waals surface area contributed by atoms with E-state index in [0.29, 0.717) is 11.5 Å². The molecule has 0 unspecified atom stereocenters. The van der Waals surface area contributed by atoms with Crippen LogP contribution in [0.5, 0.6) is 11.5 Å². The largest absolute Gasteiger partial charge is 0.482 e. The van der Waals surface area contributed by atoms with Crippen LogP contribution in [0.25, 0.3) is 10.8 Å². The molecule has 0 atom stereocenters. The number of ether oxygens (including phenoxy) is 2. The third-order valence-corrected chi connectivity index (χ3v) is 2.59. The van der Waals surface area contributed by atoms with Crippen molar-refractivity contribution in [1.29, 1.82) is 0 Å². The Kier molecular flexibility index (Phi) is 2.03. The summed E-state index contributed by atoms with van der Waals surface area (Å²) in [4.78, 5) is 11.2. The predicted octanol–water partition coefficient (Wildman–Crippen LogP) is 2.18. The van der Waals surface area contributed by atoms with Gasteiger partial charge in [0.05, 0.1) is 0 Å². The Morgan fingerprint density at radius 2 is 1.38 bits per heavy atom. The molecule has 3 nitrogen and oxygen atoms in total. The molecule has 0 bridgehead atoms. The van der Waals surface area contributed by atoms with Crippen LogP contribution in [-0.4, -0.2) is 19.0 Å². The van der Waals surface area contributed by atoms with E-state index < -0.39 is 0 Å². The lowest BCUT2D eigenvalue weighted by atomic mass is 10.1. The fourth-order valence-corrected chi connectivity index (χ4v) is 1.78. The summed E-state index contributed by atoms with van der Waals surface area (Å²) in [7, 11) is 0. The highest BCUT2D eigenvalue weighted by atomic mass is 16.5. The Labute approximate surface area is 92.6 Å². The highest BCUT2D eigenvalue weighted by molar-refractivity contribution is 5.87. The highest BCUT2D eigenvalue weighted by Gasteiger charge is 2.15. The zero-order valence-corrected chi connectivity index (χ0v) is 8.60. The summed E-state index contributed by atoms with van der Waals surface area (Å²) >= 11 is 0. The van der Waals surface area contributed by atoms with E-state index in [1.807, 2.05) is 36.4 Å². The first-order valence-electron chi connectivity index (χ1n) is 5.13. The SMILES string of the molecule is O=C1COc2cc3ccccc3cc2OC1. The standard InChI is InChI=1S/C13H10O3/c14-11-7-15-12-5-9-3-1-2-4-10(9)6-13(12)16-8-11/h1-6H,7-8H2. The minimum Gasteiger partial charge on any atom is -0.482 e. The predicted molar refractivity (Wildman–Crippen MR) is 59.9 cm³/mol. The Balaban J connectivity index is 2.16. The molecule has 0 spiro atoms. The topological polar surface area (TPSA) is 35.5 Å². The van der Waals surface area contributed by atoms with Crippen molar-refractivity contribution >= 4 is 16.6 Å². The molecule has 1 aliphatic rings. The fraction of sp³-hybridized carbons (Fsp3) is 0.154. The molecule has 0 aromatic heterocycles. The molecule has 3 heteroatoms. The summed E-state index contributed by atoms with van der Waals surface area (Å²) < 4.78 is 10.8. The fourth-order valence-electron chi connectivity index (χ4n) is 1.78. The maximum atomic E-state index is 11.2. The zero-order chi connectivity index (χ0) is 11.0. The van der Waals surface area contributed by atoms with Crippen LogP contribution in [0.3, 0.4) is 0 Å².